The number of nitrogens with zero attached hydrogens (tertiary/aromatic N) is 2. The van der Waals surface area contributed by atoms with Crippen LogP contribution in [0.25, 0.3) is 0 Å². The Labute approximate surface area is 131 Å². The molecule has 0 spiro atoms. The Morgan fingerprint density at radius 1 is 1.05 bits per heavy atom. The maximum absolute atomic E-state index is 9.58. The van der Waals surface area contributed by atoms with Crippen molar-refractivity contribution in [1.29, 1.82) is 0 Å². The van der Waals surface area contributed by atoms with Gasteiger partial charge in [0.25, 0.3) is 0 Å². The maximum atomic E-state index is 9.58. The Kier molecular flexibility index (Phi) is 8.17. The van der Waals surface area contributed by atoms with Crippen LogP contribution in [0.15, 0.2) is 0 Å². The van der Waals surface area contributed by atoms with Gasteiger partial charge in [-0.15, -0.1) is 0 Å². The van der Waals surface area contributed by atoms with E-state index in [0.717, 1.165) is 6.42 Å². The first kappa shape index (κ1) is 18.9. The lowest BCUT2D eigenvalue weighted by atomic mass is 9.94. The minimum absolute atomic E-state index is 0.121. The zero-order valence-electron chi connectivity index (χ0n) is 14.9. The van der Waals surface area contributed by atoms with Crippen molar-refractivity contribution in [2.24, 2.45) is 0 Å². The van der Waals surface area contributed by atoms with Crippen LogP contribution in [0, 0.1) is 0 Å². The molecule has 1 heterocycles. The van der Waals surface area contributed by atoms with Crippen LogP contribution in [0.4, 0.5) is 0 Å². The van der Waals surface area contributed by atoms with E-state index >= 15 is 0 Å². The molecule has 0 amide bonds. The zero-order valence-corrected chi connectivity index (χ0v) is 14.9. The molecule has 0 aromatic heterocycles. The second-order valence-electron chi connectivity index (χ2n) is 7.45. The summed E-state index contributed by atoms with van der Waals surface area (Å²) in [5.74, 6) is 0. The monoisotopic (exact) mass is 299 g/mol. The third kappa shape index (κ3) is 7.09. The Hall–Kier alpha value is -0.160. The summed E-state index contributed by atoms with van der Waals surface area (Å²) in [4.78, 5) is 5.15. The average molecular weight is 300 g/mol. The van der Waals surface area contributed by atoms with E-state index in [1.54, 1.807) is 0 Å². The van der Waals surface area contributed by atoms with Gasteiger partial charge < -0.3 is 15.3 Å². The summed E-state index contributed by atoms with van der Waals surface area (Å²) >= 11 is 0. The summed E-state index contributed by atoms with van der Waals surface area (Å²) in [7, 11) is 0. The molecule has 2 N–H and O–H groups in total. The summed E-state index contributed by atoms with van der Waals surface area (Å²) in [6.45, 7) is 17.2. The van der Waals surface area contributed by atoms with Gasteiger partial charge in [0.05, 0.1) is 6.61 Å². The van der Waals surface area contributed by atoms with Crippen molar-refractivity contribution in [3.63, 3.8) is 0 Å². The molecule has 126 valence electrons. The van der Waals surface area contributed by atoms with Crippen LogP contribution in [0.3, 0.4) is 0 Å². The highest BCUT2D eigenvalue weighted by molar-refractivity contribution is 4.84. The minimum Gasteiger partial charge on any atom is -0.394 e. The van der Waals surface area contributed by atoms with Gasteiger partial charge in [-0.3, -0.25) is 4.90 Å². The number of aliphatic hydroxyl groups is 1. The van der Waals surface area contributed by atoms with E-state index in [-0.39, 0.29) is 12.1 Å². The molecule has 0 aliphatic carbocycles. The van der Waals surface area contributed by atoms with E-state index in [9.17, 15) is 5.11 Å². The van der Waals surface area contributed by atoms with Crippen LogP contribution < -0.4 is 5.32 Å². The van der Waals surface area contributed by atoms with E-state index in [1.165, 1.54) is 45.6 Å². The first-order valence-corrected chi connectivity index (χ1v) is 8.71. The lowest BCUT2D eigenvalue weighted by Gasteiger charge is -2.37. The molecule has 21 heavy (non-hydrogen) atoms. The van der Waals surface area contributed by atoms with Gasteiger partial charge in [-0.2, -0.15) is 0 Å². The summed E-state index contributed by atoms with van der Waals surface area (Å²) in [5.41, 5.74) is -0.121. The lowest BCUT2D eigenvalue weighted by molar-refractivity contribution is 0.105. The van der Waals surface area contributed by atoms with E-state index in [0.29, 0.717) is 12.1 Å². The number of aliphatic hydroxyl groups excluding tert-OH is 1. The molecule has 4 heteroatoms. The molecule has 0 saturated carbocycles. The molecule has 1 saturated heterocycles. The molecule has 4 nitrogen and oxygen atoms in total. The minimum atomic E-state index is -0.121. The van der Waals surface area contributed by atoms with Crippen LogP contribution >= 0.6 is 0 Å². The van der Waals surface area contributed by atoms with E-state index in [1.807, 2.05) is 0 Å². The van der Waals surface area contributed by atoms with E-state index in [4.69, 9.17) is 0 Å². The highest BCUT2D eigenvalue weighted by atomic mass is 16.3. The van der Waals surface area contributed by atoms with Crippen LogP contribution in [0.2, 0.25) is 0 Å². The van der Waals surface area contributed by atoms with Gasteiger partial charge in [0.2, 0.25) is 0 Å². The van der Waals surface area contributed by atoms with Crippen molar-refractivity contribution >= 4 is 0 Å². The van der Waals surface area contributed by atoms with Crippen molar-refractivity contribution in [2.75, 3.05) is 39.3 Å². The smallest absolute Gasteiger partial charge is 0.0610 e. The predicted octanol–water partition coefficient (Wildman–Crippen LogP) is 1.93. The number of piperazine rings is 1. The third-order valence-electron chi connectivity index (χ3n) is 4.58. The normalized spacial score (nSPS) is 21.1. The summed E-state index contributed by atoms with van der Waals surface area (Å²) in [6, 6.07) is 1.10. The molecule has 0 aromatic carbocycles. The number of hydrogen-bond donors (Lipinski definition) is 2. The fourth-order valence-electron chi connectivity index (χ4n) is 3.25. The summed E-state index contributed by atoms with van der Waals surface area (Å²) in [6.07, 6.45) is 3.46. The second kappa shape index (κ2) is 9.09. The number of unbranched alkanes of at least 4 members (excludes halogenated alkanes) is 1. The van der Waals surface area contributed by atoms with Crippen molar-refractivity contribution in [3.8, 4) is 0 Å². The molecule has 1 atom stereocenters. The predicted molar refractivity (Wildman–Crippen MR) is 90.8 cm³/mol. The Bertz CT molecular complexity index is 275. The quantitative estimate of drug-likeness (QED) is 0.638. The SMILES string of the molecule is CC(C)NC(C)(CO)CCCCN1CCN(C(C)C)CC1. The maximum Gasteiger partial charge on any atom is 0.0610 e. The number of hydrogen-bond acceptors (Lipinski definition) is 4. The Morgan fingerprint density at radius 2 is 1.67 bits per heavy atom. The average Bonchev–Trinajstić information content (AvgIpc) is 2.43. The van der Waals surface area contributed by atoms with Gasteiger partial charge in [-0.05, 0) is 40.2 Å². The van der Waals surface area contributed by atoms with Crippen molar-refractivity contribution < 1.29 is 5.11 Å². The second-order valence-corrected chi connectivity index (χ2v) is 7.45. The van der Waals surface area contributed by atoms with Crippen LogP contribution in [0.5, 0.6) is 0 Å². The number of rotatable bonds is 9. The van der Waals surface area contributed by atoms with Gasteiger partial charge in [-0.25, -0.2) is 0 Å². The van der Waals surface area contributed by atoms with Gasteiger partial charge in [0.1, 0.15) is 0 Å². The Morgan fingerprint density at radius 3 is 2.14 bits per heavy atom. The fourth-order valence-corrected chi connectivity index (χ4v) is 3.25. The summed E-state index contributed by atoms with van der Waals surface area (Å²) in [5, 5.41) is 13.1. The van der Waals surface area contributed by atoms with E-state index < -0.39 is 0 Å². The van der Waals surface area contributed by atoms with Crippen LogP contribution in [-0.4, -0.2) is 71.9 Å². The largest absolute Gasteiger partial charge is 0.394 e. The zero-order chi connectivity index (χ0) is 15.9. The Balaban J connectivity index is 2.17. The number of nitrogens with one attached hydrogen (secondary N) is 1. The van der Waals surface area contributed by atoms with Gasteiger partial charge in [0, 0.05) is 43.8 Å². The van der Waals surface area contributed by atoms with E-state index in [2.05, 4.69) is 49.7 Å². The van der Waals surface area contributed by atoms with Crippen molar-refractivity contribution in [1.82, 2.24) is 15.1 Å². The van der Waals surface area contributed by atoms with Crippen molar-refractivity contribution in [2.45, 2.75) is 71.5 Å². The van der Waals surface area contributed by atoms with Gasteiger partial charge in [-0.1, -0.05) is 20.3 Å². The molecule has 1 aliphatic heterocycles. The molecular weight excluding hydrogens is 262 g/mol. The molecule has 1 aliphatic rings. The van der Waals surface area contributed by atoms with Gasteiger partial charge >= 0.3 is 0 Å². The van der Waals surface area contributed by atoms with Crippen LogP contribution in [-0.2, 0) is 0 Å². The molecule has 0 bridgehead atoms. The standard InChI is InChI=1S/C17H37N3O/c1-15(2)18-17(5,14-21)8-6-7-9-19-10-12-20(13-11-19)16(3)4/h15-16,18,21H,6-14H2,1-5H3. The first-order valence-electron chi connectivity index (χ1n) is 8.71. The highest BCUT2D eigenvalue weighted by Gasteiger charge is 2.23. The van der Waals surface area contributed by atoms with Crippen LogP contribution in [0.1, 0.15) is 53.9 Å². The topological polar surface area (TPSA) is 38.7 Å². The van der Waals surface area contributed by atoms with Crippen molar-refractivity contribution in [3.05, 3.63) is 0 Å². The summed E-state index contributed by atoms with van der Waals surface area (Å²) < 4.78 is 0. The molecule has 0 radical (unpaired) electrons. The molecule has 1 rings (SSSR count). The van der Waals surface area contributed by atoms with Gasteiger partial charge in [0.15, 0.2) is 0 Å². The molecule has 1 unspecified atom stereocenters. The first-order chi connectivity index (χ1) is 9.86. The highest BCUT2D eigenvalue weighted by Crippen LogP contribution is 2.15. The molecular formula is C17H37N3O. The fraction of sp³-hybridized carbons (Fsp3) is 1.00. The molecule has 0 aromatic rings. The molecule has 1 fully saturated rings. The third-order valence-corrected chi connectivity index (χ3v) is 4.58. The lowest BCUT2D eigenvalue weighted by Crippen LogP contribution is -2.49.